The average Bonchev–Trinajstić information content (AvgIpc) is 2.68. The number of hydrogen-bond donors (Lipinski definition) is 0. The lowest BCUT2D eigenvalue weighted by molar-refractivity contribution is 0.416. The van der Waals surface area contributed by atoms with Crippen molar-refractivity contribution in [3.05, 3.63) is 83.4 Å². The van der Waals surface area contributed by atoms with Crippen LogP contribution in [0.4, 0.5) is 0 Å². The first-order valence-electron chi connectivity index (χ1n) is 9.62. The van der Waals surface area contributed by atoms with Gasteiger partial charge in [0.05, 0.1) is 15.9 Å². The molecule has 0 amide bonds. The molecule has 0 N–H and O–H groups in total. The highest BCUT2D eigenvalue weighted by atomic mass is 31.1. The van der Waals surface area contributed by atoms with E-state index in [4.69, 9.17) is 9.26 Å². The minimum absolute atomic E-state index is 0.0567. The van der Waals surface area contributed by atoms with Crippen LogP contribution in [0.15, 0.2) is 66.7 Å². The van der Waals surface area contributed by atoms with E-state index in [9.17, 15) is 0 Å². The van der Waals surface area contributed by atoms with E-state index in [0.29, 0.717) is 8.81 Å². The highest BCUT2D eigenvalue weighted by Crippen LogP contribution is 2.38. The van der Waals surface area contributed by atoms with E-state index in [2.05, 4.69) is 82.3 Å². The van der Waals surface area contributed by atoms with Crippen LogP contribution in [-0.2, 0) is 11.6 Å². The summed E-state index contributed by atoms with van der Waals surface area (Å²) in [6, 6.07) is 23.1. The first kappa shape index (κ1) is 20.4. The largest absolute Gasteiger partial charge is 0.496 e. The van der Waals surface area contributed by atoms with Crippen LogP contribution in [0.25, 0.3) is 11.1 Å². The van der Waals surface area contributed by atoms with Crippen molar-refractivity contribution in [2.24, 2.45) is 0 Å². The van der Waals surface area contributed by atoms with Gasteiger partial charge in [0, 0.05) is 17.3 Å². The van der Waals surface area contributed by atoms with E-state index < -0.39 is 0 Å². The predicted molar refractivity (Wildman–Crippen MR) is 121 cm³/mol. The van der Waals surface area contributed by atoms with Crippen molar-refractivity contribution < 1.29 is 9.26 Å². The third kappa shape index (κ3) is 4.75. The van der Waals surface area contributed by atoms with Gasteiger partial charge < -0.3 is 9.26 Å². The zero-order chi connectivity index (χ0) is 20.1. The van der Waals surface area contributed by atoms with Gasteiger partial charge in [-0.2, -0.15) is 0 Å². The Balaban J connectivity index is 1.81. The van der Waals surface area contributed by atoms with Gasteiger partial charge >= 0.3 is 0 Å². The number of para-hydroxylation sites is 1. The van der Waals surface area contributed by atoms with Crippen LogP contribution in [0.2, 0.25) is 0 Å². The summed E-state index contributed by atoms with van der Waals surface area (Å²) in [7, 11) is 2.08. The number of aryl methyl sites for hydroxylation is 1. The molecule has 3 heteroatoms. The molecule has 1 atom stereocenters. The molecule has 0 aliphatic carbocycles. The van der Waals surface area contributed by atoms with Gasteiger partial charge in [-0.15, -0.1) is 0 Å². The van der Waals surface area contributed by atoms with Gasteiger partial charge in [-0.1, -0.05) is 80.9 Å². The maximum Gasteiger partial charge on any atom is 0.126 e. The lowest BCUT2D eigenvalue weighted by atomic mass is 9.85. The Bertz CT molecular complexity index is 941. The molecule has 0 spiro atoms. The van der Waals surface area contributed by atoms with Gasteiger partial charge in [-0.05, 0) is 35.6 Å². The van der Waals surface area contributed by atoms with Crippen molar-refractivity contribution in [2.75, 3.05) is 7.11 Å². The van der Waals surface area contributed by atoms with Gasteiger partial charge in [0.2, 0.25) is 0 Å². The zero-order valence-corrected chi connectivity index (χ0v) is 18.4. The molecule has 3 aromatic carbocycles. The fourth-order valence-corrected chi connectivity index (χ4v) is 4.18. The van der Waals surface area contributed by atoms with E-state index in [-0.39, 0.29) is 5.41 Å². The van der Waals surface area contributed by atoms with E-state index in [1.165, 1.54) is 22.3 Å². The van der Waals surface area contributed by atoms with E-state index >= 15 is 0 Å². The van der Waals surface area contributed by atoms with Gasteiger partial charge in [-0.25, -0.2) is 0 Å². The van der Waals surface area contributed by atoms with E-state index in [0.717, 1.165) is 23.2 Å². The first-order chi connectivity index (χ1) is 13.4. The van der Waals surface area contributed by atoms with Gasteiger partial charge in [0.15, 0.2) is 0 Å². The van der Waals surface area contributed by atoms with Crippen molar-refractivity contribution in [1.82, 2.24) is 0 Å². The minimum Gasteiger partial charge on any atom is -0.496 e. The first-order valence-corrected chi connectivity index (χ1v) is 10.7. The molecule has 0 fully saturated rings. The van der Waals surface area contributed by atoms with Crippen molar-refractivity contribution in [3.63, 3.8) is 0 Å². The normalized spacial score (nSPS) is 11.8. The second-order valence-corrected chi connectivity index (χ2v) is 8.88. The van der Waals surface area contributed by atoms with Crippen molar-refractivity contribution in [2.45, 2.75) is 39.3 Å². The Morgan fingerprint density at radius 3 is 2.21 bits per heavy atom. The summed E-state index contributed by atoms with van der Waals surface area (Å²) in [5.74, 6) is 1.89. The van der Waals surface area contributed by atoms with E-state index in [1.807, 2.05) is 12.1 Å². The molecule has 0 radical (unpaired) electrons. The van der Waals surface area contributed by atoms with Crippen molar-refractivity contribution in [1.29, 1.82) is 0 Å². The molecule has 3 aromatic rings. The molecule has 28 heavy (non-hydrogen) atoms. The topological polar surface area (TPSA) is 18.5 Å². The van der Waals surface area contributed by atoms with Gasteiger partial charge in [0.1, 0.15) is 11.5 Å². The maximum atomic E-state index is 6.27. The highest BCUT2D eigenvalue weighted by Gasteiger charge is 2.19. The summed E-state index contributed by atoms with van der Waals surface area (Å²) in [5, 5.41) is 0. The Hall–Kier alpha value is -2.31. The zero-order valence-electron chi connectivity index (χ0n) is 17.4. The molecule has 146 valence electrons. The molecule has 0 saturated carbocycles. The molecular formula is C25H29O2P. The molecule has 0 saturated heterocycles. The van der Waals surface area contributed by atoms with Gasteiger partial charge in [-0.3, -0.25) is 0 Å². The second-order valence-electron chi connectivity index (χ2n) is 8.03. The molecule has 0 aliphatic rings. The number of benzene rings is 3. The lowest BCUT2D eigenvalue weighted by Crippen LogP contribution is -2.12. The molecule has 0 bridgehead atoms. The predicted octanol–water partition coefficient (Wildman–Crippen LogP) is 7.14. The Kier molecular flexibility index (Phi) is 6.42. The van der Waals surface area contributed by atoms with E-state index in [1.54, 1.807) is 7.11 Å². The molecule has 3 rings (SSSR count). The van der Waals surface area contributed by atoms with Crippen LogP contribution in [0.5, 0.6) is 11.5 Å². The summed E-state index contributed by atoms with van der Waals surface area (Å²) in [4.78, 5) is 0. The van der Waals surface area contributed by atoms with Crippen LogP contribution in [-0.4, -0.2) is 7.11 Å². The monoisotopic (exact) mass is 392 g/mol. The third-order valence-electron chi connectivity index (χ3n) is 4.80. The highest BCUT2D eigenvalue weighted by molar-refractivity contribution is 7.31. The third-order valence-corrected chi connectivity index (χ3v) is 5.69. The number of methoxy groups -OCH3 is 1. The van der Waals surface area contributed by atoms with Crippen LogP contribution in [0.3, 0.4) is 0 Å². The fraction of sp³-hybridized carbons (Fsp3) is 0.280. The molecular weight excluding hydrogens is 363 g/mol. The van der Waals surface area contributed by atoms with Crippen molar-refractivity contribution >= 4 is 8.81 Å². The van der Waals surface area contributed by atoms with Crippen LogP contribution < -0.4 is 9.26 Å². The Morgan fingerprint density at radius 1 is 0.821 bits per heavy atom. The average molecular weight is 392 g/mol. The SMILES string of the molecule is COc1ccccc1-c1ccccc1CPOc1ccc(C)cc1C(C)(C)C. The molecule has 1 unspecified atom stereocenters. The van der Waals surface area contributed by atoms with Gasteiger partial charge in [0.25, 0.3) is 0 Å². The van der Waals surface area contributed by atoms with Crippen LogP contribution in [0, 0.1) is 6.92 Å². The number of hydrogen-bond acceptors (Lipinski definition) is 2. The maximum absolute atomic E-state index is 6.27. The Labute approximate surface area is 170 Å². The molecule has 2 nitrogen and oxygen atoms in total. The quantitative estimate of drug-likeness (QED) is 0.415. The van der Waals surface area contributed by atoms with Crippen LogP contribution >= 0.6 is 8.81 Å². The summed E-state index contributed by atoms with van der Waals surface area (Å²) >= 11 is 0. The smallest absolute Gasteiger partial charge is 0.126 e. The Morgan fingerprint density at radius 2 is 1.50 bits per heavy atom. The number of ether oxygens (including phenoxy) is 1. The summed E-state index contributed by atoms with van der Waals surface area (Å²) < 4.78 is 11.8. The number of rotatable bonds is 6. The lowest BCUT2D eigenvalue weighted by Gasteiger charge is -2.23. The molecule has 0 aliphatic heterocycles. The summed E-state index contributed by atoms with van der Waals surface area (Å²) in [5.41, 5.74) is 6.18. The molecule has 0 heterocycles. The second kappa shape index (κ2) is 8.80. The summed E-state index contributed by atoms with van der Waals surface area (Å²) in [6.07, 6.45) is 0.867. The summed E-state index contributed by atoms with van der Waals surface area (Å²) in [6.45, 7) is 8.82. The van der Waals surface area contributed by atoms with Crippen LogP contribution in [0.1, 0.15) is 37.5 Å². The molecule has 0 aromatic heterocycles. The minimum atomic E-state index is 0.0567. The fourth-order valence-electron chi connectivity index (χ4n) is 3.31. The van der Waals surface area contributed by atoms with Crippen molar-refractivity contribution in [3.8, 4) is 22.6 Å². The standard InChI is InChI=1S/C25H29O2P/c1-18-14-15-24(22(16-18)25(2,3)4)27-28-17-19-10-6-7-11-20(19)21-12-8-9-13-23(21)26-5/h6-16,28H,17H2,1-5H3.